The summed E-state index contributed by atoms with van der Waals surface area (Å²) in [5.74, 6) is 0.722. The molecule has 0 radical (unpaired) electrons. The summed E-state index contributed by atoms with van der Waals surface area (Å²) in [6.07, 6.45) is 2.29. The molecule has 0 aliphatic heterocycles. The number of benzene rings is 1. The van der Waals surface area contributed by atoms with Gasteiger partial charge in [-0.2, -0.15) is 0 Å². The highest BCUT2D eigenvalue weighted by Crippen LogP contribution is 2.38. The normalized spacial score (nSPS) is 17.2. The Morgan fingerprint density at radius 2 is 2.06 bits per heavy atom. The molecule has 0 amide bonds. The van der Waals surface area contributed by atoms with Crippen molar-refractivity contribution in [2.75, 3.05) is 0 Å². The van der Waals surface area contributed by atoms with Gasteiger partial charge in [0, 0.05) is 12.0 Å². The summed E-state index contributed by atoms with van der Waals surface area (Å²) in [6.45, 7) is 6.04. The summed E-state index contributed by atoms with van der Waals surface area (Å²) in [6, 6.07) is 3.47. The minimum atomic E-state index is 0.157. The number of hydrogen-bond acceptors (Lipinski definition) is 2. The monoisotopic (exact) mass is 216 g/mol. The van der Waals surface area contributed by atoms with Crippen molar-refractivity contribution in [2.45, 2.75) is 33.1 Å². The molecule has 0 unspecified atom stereocenters. The summed E-state index contributed by atoms with van der Waals surface area (Å²) in [4.78, 5) is 11.8. The predicted molar refractivity (Wildman–Crippen MR) is 64.6 cm³/mol. The van der Waals surface area contributed by atoms with Crippen LogP contribution in [-0.2, 0) is 11.2 Å². The first-order valence-corrected chi connectivity index (χ1v) is 5.60. The lowest BCUT2D eigenvalue weighted by Gasteiger charge is -2.13. The second-order valence-electron chi connectivity index (χ2n) is 4.53. The van der Waals surface area contributed by atoms with Crippen molar-refractivity contribution in [2.24, 2.45) is 0 Å². The number of allylic oxidation sites excluding steroid dienone is 2. The molecule has 1 N–H and O–H groups in total. The lowest BCUT2D eigenvalue weighted by molar-refractivity contribution is -0.112. The van der Waals surface area contributed by atoms with Crippen LogP contribution in [0.5, 0.6) is 5.75 Å². The van der Waals surface area contributed by atoms with E-state index in [9.17, 15) is 9.90 Å². The Morgan fingerprint density at radius 3 is 2.62 bits per heavy atom. The van der Waals surface area contributed by atoms with E-state index in [4.69, 9.17) is 0 Å². The fraction of sp³-hybridized carbons (Fsp3) is 0.357. The van der Waals surface area contributed by atoms with E-state index in [1.165, 1.54) is 0 Å². The Morgan fingerprint density at radius 1 is 1.38 bits per heavy atom. The fourth-order valence-electron chi connectivity index (χ4n) is 2.35. The van der Waals surface area contributed by atoms with Gasteiger partial charge in [-0.25, -0.2) is 0 Å². The Hall–Kier alpha value is -1.57. The van der Waals surface area contributed by atoms with Crippen molar-refractivity contribution < 1.29 is 9.90 Å². The maximum absolute atomic E-state index is 11.8. The summed E-state index contributed by atoms with van der Waals surface area (Å²) in [5.41, 5.74) is 3.87. The number of ketones is 1. The van der Waals surface area contributed by atoms with Crippen molar-refractivity contribution in [3.63, 3.8) is 0 Å². The van der Waals surface area contributed by atoms with E-state index in [0.29, 0.717) is 12.3 Å². The van der Waals surface area contributed by atoms with Crippen molar-refractivity contribution >= 4 is 11.4 Å². The van der Waals surface area contributed by atoms with Gasteiger partial charge in [-0.05, 0) is 41.7 Å². The highest BCUT2D eigenvalue weighted by atomic mass is 16.3. The molecule has 2 rings (SSSR count). The Labute approximate surface area is 95.6 Å². The van der Waals surface area contributed by atoms with Crippen LogP contribution in [0.25, 0.3) is 5.57 Å². The first-order chi connectivity index (χ1) is 7.54. The second kappa shape index (κ2) is 3.78. The van der Waals surface area contributed by atoms with Gasteiger partial charge in [-0.15, -0.1) is 0 Å². The van der Waals surface area contributed by atoms with Crippen LogP contribution >= 0.6 is 0 Å². The molecule has 0 saturated heterocycles. The minimum Gasteiger partial charge on any atom is -0.508 e. The highest BCUT2D eigenvalue weighted by molar-refractivity contribution is 6.25. The first-order valence-electron chi connectivity index (χ1n) is 5.60. The number of fused-ring (bicyclic) bond motifs is 1. The van der Waals surface area contributed by atoms with Gasteiger partial charge in [0.05, 0.1) is 0 Å². The molecule has 1 aromatic rings. The zero-order chi connectivity index (χ0) is 11.9. The molecule has 0 aromatic heterocycles. The molecule has 1 aliphatic rings. The molecule has 1 aliphatic carbocycles. The topological polar surface area (TPSA) is 37.3 Å². The summed E-state index contributed by atoms with van der Waals surface area (Å²) >= 11 is 0. The average molecular weight is 216 g/mol. The molecule has 16 heavy (non-hydrogen) atoms. The van der Waals surface area contributed by atoms with E-state index in [1.54, 1.807) is 12.1 Å². The fourth-order valence-corrected chi connectivity index (χ4v) is 2.35. The molecule has 0 fully saturated rings. The van der Waals surface area contributed by atoms with Gasteiger partial charge in [0.25, 0.3) is 0 Å². The van der Waals surface area contributed by atoms with Gasteiger partial charge < -0.3 is 5.11 Å². The second-order valence-corrected chi connectivity index (χ2v) is 4.53. The van der Waals surface area contributed by atoms with Crippen molar-refractivity contribution in [1.29, 1.82) is 0 Å². The van der Waals surface area contributed by atoms with Gasteiger partial charge in [0.1, 0.15) is 5.75 Å². The number of phenolic OH excluding ortho intramolecular Hbond substituents is 1. The third-order valence-corrected chi connectivity index (χ3v) is 3.07. The number of Topliss-reactive ketones (excluding diaryl/α,β-unsaturated/α-hetero) is 1. The molecular formula is C14H16O2. The largest absolute Gasteiger partial charge is 0.508 e. The minimum absolute atomic E-state index is 0.157. The maximum Gasteiger partial charge on any atom is 0.167 e. The zero-order valence-corrected chi connectivity index (χ0v) is 9.87. The summed E-state index contributed by atoms with van der Waals surface area (Å²) < 4.78 is 0. The van der Waals surface area contributed by atoms with E-state index < -0.39 is 0 Å². The molecule has 2 heteroatoms. The SMILES string of the molecule is C/C=C1\C(=O)Cc2cc(O)cc(C(C)C)c21. The molecule has 84 valence electrons. The van der Waals surface area contributed by atoms with Gasteiger partial charge in [0.15, 0.2) is 5.78 Å². The first kappa shape index (κ1) is 10.9. The van der Waals surface area contributed by atoms with Crippen LogP contribution in [0.15, 0.2) is 18.2 Å². The third kappa shape index (κ3) is 1.54. The van der Waals surface area contributed by atoms with Crippen LogP contribution in [0.2, 0.25) is 0 Å². The van der Waals surface area contributed by atoms with Crippen LogP contribution < -0.4 is 0 Å². The van der Waals surface area contributed by atoms with E-state index >= 15 is 0 Å². The third-order valence-electron chi connectivity index (χ3n) is 3.07. The van der Waals surface area contributed by atoms with Gasteiger partial charge >= 0.3 is 0 Å². The lowest BCUT2D eigenvalue weighted by Crippen LogP contribution is -1.97. The molecule has 2 nitrogen and oxygen atoms in total. The number of hydrogen-bond donors (Lipinski definition) is 1. The molecule has 1 aromatic carbocycles. The van der Waals surface area contributed by atoms with E-state index in [0.717, 1.165) is 22.3 Å². The van der Waals surface area contributed by atoms with Crippen molar-refractivity contribution in [3.8, 4) is 5.75 Å². The quantitative estimate of drug-likeness (QED) is 0.732. The van der Waals surface area contributed by atoms with Crippen molar-refractivity contribution in [3.05, 3.63) is 34.9 Å². The number of rotatable bonds is 1. The molecule has 0 spiro atoms. The van der Waals surface area contributed by atoms with Gasteiger partial charge in [-0.3, -0.25) is 4.79 Å². The van der Waals surface area contributed by atoms with Crippen LogP contribution in [0.3, 0.4) is 0 Å². The molecule has 0 heterocycles. The summed E-state index contributed by atoms with van der Waals surface area (Å²) in [7, 11) is 0. The Kier molecular flexibility index (Phi) is 2.58. The van der Waals surface area contributed by atoms with Crippen LogP contribution in [-0.4, -0.2) is 10.9 Å². The van der Waals surface area contributed by atoms with Crippen LogP contribution in [0.1, 0.15) is 43.4 Å². The number of aromatic hydroxyl groups is 1. The number of phenols is 1. The van der Waals surface area contributed by atoms with E-state index in [-0.39, 0.29) is 11.5 Å². The van der Waals surface area contributed by atoms with Gasteiger partial charge in [-0.1, -0.05) is 19.9 Å². The number of carbonyl (C=O) groups excluding carboxylic acids is 1. The maximum atomic E-state index is 11.8. The van der Waals surface area contributed by atoms with E-state index in [1.807, 2.05) is 13.0 Å². The smallest absolute Gasteiger partial charge is 0.167 e. The number of carbonyl (C=O) groups is 1. The standard InChI is InChI=1S/C14H16O2/c1-4-11-13(16)6-9-5-10(15)7-12(8(2)3)14(9)11/h4-5,7-8,15H,6H2,1-3H3/b11-4+. The van der Waals surface area contributed by atoms with Gasteiger partial charge in [0.2, 0.25) is 0 Å². The lowest BCUT2D eigenvalue weighted by atomic mass is 9.92. The molecule has 0 saturated carbocycles. The Balaban J connectivity index is 2.71. The zero-order valence-electron chi connectivity index (χ0n) is 9.87. The highest BCUT2D eigenvalue weighted by Gasteiger charge is 2.27. The summed E-state index contributed by atoms with van der Waals surface area (Å²) in [5, 5.41) is 9.64. The Bertz CT molecular complexity index is 482. The molecule has 0 atom stereocenters. The van der Waals surface area contributed by atoms with E-state index in [2.05, 4.69) is 13.8 Å². The molecular weight excluding hydrogens is 200 g/mol. The molecule has 0 bridgehead atoms. The van der Waals surface area contributed by atoms with Crippen molar-refractivity contribution in [1.82, 2.24) is 0 Å². The van der Waals surface area contributed by atoms with Crippen LogP contribution in [0, 0.1) is 0 Å². The predicted octanol–water partition coefficient (Wildman–Crippen LogP) is 3.04. The average Bonchev–Trinajstić information content (AvgIpc) is 2.51. The van der Waals surface area contributed by atoms with Crippen LogP contribution in [0.4, 0.5) is 0 Å².